The van der Waals surface area contributed by atoms with Gasteiger partial charge in [-0.2, -0.15) is 0 Å². The molecule has 2 amide bonds. The van der Waals surface area contributed by atoms with Crippen LogP contribution in [0.5, 0.6) is 0 Å². The minimum Gasteiger partial charge on any atom is -0.363 e. The molecule has 2 heterocycles. The molecule has 3 rings (SSSR count). The van der Waals surface area contributed by atoms with Crippen LogP contribution >= 0.6 is 23.2 Å². The highest BCUT2D eigenvalue weighted by molar-refractivity contribution is 6.42. The van der Waals surface area contributed by atoms with E-state index in [4.69, 9.17) is 27.9 Å². The van der Waals surface area contributed by atoms with Gasteiger partial charge in [-0.25, -0.2) is 0 Å². The summed E-state index contributed by atoms with van der Waals surface area (Å²) in [5.41, 5.74) is 0.802. The van der Waals surface area contributed by atoms with Crippen LogP contribution in [0, 0.1) is 0 Å². The third-order valence-electron chi connectivity index (χ3n) is 5.20. The second-order valence-corrected chi connectivity index (χ2v) is 8.09. The van der Waals surface area contributed by atoms with E-state index in [0.717, 1.165) is 25.0 Å². The highest BCUT2D eigenvalue weighted by Gasteiger charge is 2.23. The first-order valence-electron chi connectivity index (χ1n) is 10.1. The molecule has 0 spiro atoms. The zero-order valence-electron chi connectivity index (χ0n) is 16.4. The Labute approximate surface area is 181 Å². The first kappa shape index (κ1) is 22.1. The number of halogens is 2. The fourth-order valence-electron chi connectivity index (χ4n) is 3.47. The summed E-state index contributed by atoms with van der Waals surface area (Å²) < 4.78 is 5.65. The number of nitrogens with one attached hydrogen (secondary N) is 1. The molecule has 6 nitrogen and oxygen atoms in total. The molecule has 1 unspecified atom stereocenters. The van der Waals surface area contributed by atoms with E-state index in [1.807, 2.05) is 4.90 Å². The van der Waals surface area contributed by atoms with Gasteiger partial charge in [-0.1, -0.05) is 29.3 Å². The Bertz CT molecular complexity index is 751. The third-order valence-corrected chi connectivity index (χ3v) is 5.93. The molecule has 8 heteroatoms. The van der Waals surface area contributed by atoms with Gasteiger partial charge >= 0.3 is 0 Å². The van der Waals surface area contributed by atoms with Crippen molar-refractivity contribution in [2.75, 3.05) is 39.3 Å². The Balaban J connectivity index is 1.47. The van der Waals surface area contributed by atoms with Gasteiger partial charge in [0, 0.05) is 51.8 Å². The Morgan fingerprint density at radius 2 is 2.07 bits per heavy atom. The minimum atomic E-state index is -0.112. The van der Waals surface area contributed by atoms with Gasteiger partial charge in [-0.3, -0.25) is 14.9 Å². The van der Waals surface area contributed by atoms with Crippen molar-refractivity contribution in [3.8, 4) is 0 Å². The average Bonchev–Trinajstić information content (AvgIpc) is 2.91. The van der Waals surface area contributed by atoms with Crippen molar-refractivity contribution in [3.05, 3.63) is 39.9 Å². The standard InChI is InChI=1S/C21H27Cl2N3O3/c22-17-6-4-16(15-18(17)23)5-7-20(27)25-10-8-21(28)26(13-12-25)11-9-24-19-3-1-2-14-29-19/h4-7,15,19,24H,1-3,8-14H2/b7-5+. The van der Waals surface area contributed by atoms with Gasteiger partial charge in [0.1, 0.15) is 6.23 Å². The van der Waals surface area contributed by atoms with Crippen LogP contribution in [0.2, 0.25) is 10.0 Å². The summed E-state index contributed by atoms with van der Waals surface area (Å²) in [6.07, 6.45) is 6.97. The van der Waals surface area contributed by atoms with E-state index in [0.29, 0.717) is 49.2 Å². The van der Waals surface area contributed by atoms with E-state index >= 15 is 0 Å². The maximum Gasteiger partial charge on any atom is 0.246 e. The molecule has 2 saturated heterocycles. The summed E-state index contributed by atoms with van der Waals surface area (Å²) in [5.74, 6) is -0.0282. The quantitative estimate of drug-likeness (QED) is 0.691. The summed E-state index contributed by atoms with van der Waals surface area (Å²) in [5, 5.41) is 4.29. The second kappa shape index (κ2) is 11.0. The summed E-state index contributed by atoms with van der Waals surface area (Å²) in [6.45, 7) is 3.61. The largest absolute Gasteiger partial charge is 0.363 e. The zero-order valence-corrected chi connectivity index (χ0v) is 17.9. The lowest BCUT2D eigenvalue weighted by molar-refractivity contribution is -0.130. The van der Waals surface area contributed by atoms with Crippen molar-refractivity contribution < 1.29 is 14.3 Å². The normalized spacial score (nSPS) is 20.9. The molecule has 1 aromatic carbocycles. The maximum atomic E-state index is 12.5. The SMILES string of the molecule is O=C(/C=C/c1ccc(Cl)c(Cl)c1)N1CCC(=O)N(CCNC2CCCCO2)CC1. The number of hydrogen-bond acceptors (Lipinski definition) is 4. The van der Waals surface area contributed by atoms with Crippen LogP contribution in [0.25, 0.3) is 6.08 Å². The number of hydrogen-bond donors (Lipinski definition) is 1. The van der Waals surface area contributed by atoms with Gasteiger partial charge in [-0.15, -0.1) is 0 Å². The Morgan fingerprint density at radius 3 is 2.83 bits per heavy atom. The van der Waals surface area contributed by atoms with Gasteiger partial charge in [0.25, 0.3) is 0 Å². The molecule has 0 bridgehead atoms. The van der Waals surface area contributed by atoms with Crippen molar-refractivity contribution in [1.29, 1.82) is 0 Å². The number of rotatable bonds is 6. The molecule has 2 fully saturated rings. The lowest BCUT2D eigenvalue weighted by atomic mass is 10.2. The lowest BCUT2D eigenvalue weighted by Crippen LogP contribution is -2.42. The van der Waals surface area contributed by atoms with Crippen molar-refractivity contribution in [1.82, 2.24) is 15.1 Å². The first-order valence-corrected chi connectivity index (χ1v) is 10.8. The third kappa shape index (κ3) is 6.71. The fraction of sp³-hybridized carbons (Fsp3) is 0.524. The summed E-state index contributed by atoms with van der Waals surface area (Å²) >= 11 is 11.9. The van der Waals surface area contributed by atoms with Gasteiger partial charge < -0.3 is 14.5 Å². The molecular weight excluding hydrogens is 413 g/mol. The summed E-state index contributed by atoms with van der Waals surface area (Å²) in [6, 6.07) is 5.21. The summed E-state index contributed by atoms with van der Waals surface area (Å²) in [7, 11) is 0. The molecule has 29 heavy (non-hydrogen) atoms. The van der Waals surface area contributed by atoms with E-state index in [1.54, 1.807) is 29.2 Å². The van der Waals surface area contributed by atoms with E-state index in [2.05, 4.69) is 5.32 Å². The van der Waals surface area contributed by atoms with Crippen LogP contribution < -0.4 is 5.32 Å². The number of nitrogens with zero attached hydrogens (tertiary/aromatic N) is 2. The number of amides is 2. The fourth-order valence-corrected chi connectivity index (χ4v) is 3.78. The maximum absolute atomic E-state index is 12.5. The van der Waals surface area contributed by atoms with Crippen molar-refractivity contribution in [2.24, 2.45) is 0 Å². The second-order valence-electron chi connectivity index (χ2n) is 7.27. The number of ether oxygens (including phenoxy) is 1. The Morgan fingerprint density at radius 1 is 1.21 bits per heavy atom. The first-order chi connectivity index (χ1) is 14.0. The Hall–Kier alpha value is -1.60. The molecule has 158 valence electrons. The predicted molar refractivity (Wildman–Crippen MR) is 115 cm³/mol. The predicted octanol–water partition coefficient (Wildman–Crippen LogP) is 3.18. The lowest BCUT2D eigenvalue weighted by Gasteiger charge is -2.26. The van der Waals surface area contributed by atoms with Crippen molar-refractivity contribution >= 4 is 41.1 Å². The van der Waals surface area contributed by atoms with E-state index < -0.39 is 0 Å². The summed E-state index contributed by atoms with van der Waals surface area (Å²) in [4.78, 5) is 28.5. The van der Waals surface area contributed by atoms with Gasteiger partial charge in [-0.05, 0) is 43.0 Å². The van der Waals surface area contributed by atoms with E-state index in [9.17, 15) is 9.59 Å². The number of carbonyl (C=O) groups is 2. The highest BCUT2D eigenvalue weighted by Crippen LogP contribution is 2.23. The Kier molecular flexibility index (Phi) is 8.36. The molecule has 0 radical (unpaired) electrons. The van der Waals surface area contributed by atoms with Crippen LogP contribution in [0.4, 0.5) is 0 Å². The van der Waals surface area contributed by atoms with Gasteiger partial charge in [0.2, 0.25) is 11.8 Å². The molecule has 0 aliphatic carbocycles. The van der Waals surface area contributed by atoms with Crippen LogP contribution in [0.3, 0.4) is 0 Å². The van der Waals surface area contributed by atoms with E-state index in [1.165, 1.54) is 12.5 Å². The molecule has 1 atom stereocenters. The number of carbonyl (C=O) groups excluding carboxylic acids is 2. The minimum absolute atomic E-state index is 0.0834. The molecule has 1 aromatic rings. The zero-order chi connectivity index (χ0) is 20.6. The average molecular weight is 440 g/mol. The van der Waals surface area contributed by atoms with E-state index in [-0.39, 0.29) is 18.0 Å². The van der Waals surface area contributed by atoms with Gasteiger partial charge in [0.15, 0.2) is 0 Å². The molecule has 0 aromatic heterocycles. The number of benzene rings is 1. The molecule has 1 N–H and O–H groups in total. The molecule has 2 aliphatic heterocycles. The topological polar surface area (TPSA) is 61.9 Å². The highest BCUT2D eigenvalue weighted by atomic mass is 35.5. The van der Waals surface area contributed by atoms with Crippen LogP contribution in [-0.4, -0.2) is 67.2 Å². The smallest absolute Gasteiger partial charge is 0.246 e. The van der Waals surface area contributed by atoms with Crippen LogP contribution in [-0.2, 0) is 14.3 Å². The van der Waals surface area contributed by atoms with Gasteiger partial charge in [0.05, 0.1) is 10.0 Å². The van der Waals surface area contributed by atoms with Crippen LogP contribution in [0.15, 0.2) is 24.3 Å². The van der Waals surface area contributed by atoms with Crippen molar-refractivity contribution in [3.63, 3.8) is 0 Å². The molecular formula is C21H27Cl2N3O3. The van der Waals surface area contributed by atoms with Crippen molar-refractivity contribution in [2.45, 2.75) is 31.9 Å². The monoisotopic (exact) mass is 439 g/mol. The molecule has 2 aliphatic rings. The molecule has 0 saturated carbocycles. The van der Waals surface area contributed by atoms with Crippen LogP contribution in [0.1, 0.15) is 31.2 Å².